The Hall–Kier alpha value is 0.0800. The molecule has 1 saturated heterocycles. The van der Waals surface area contributed by atoms with E-state index in [0.717, 1.165) is 47.4 Å². The smallest absolute Gasteiger partial charge is 0.251 e. The van der Waals surface area contributed by atoms with Crippen molar-refractivity contribution in [3.8, 4) is 0 Å². The van der Waals surface area contributed by atoms with Crippen molar-refractivity contribution < 1.29 is 4.74 Å². The third-order valence-electron chi connectivity index (χ3n) is 2.79. The van der Waals surface area contributed by atoms with E-state index in [-0.39, 0.29) is 5.56 Å². The summed E-state index contributed by atoms with van der Waals surface area (Å²) in [6, 6.07) is 1.63. The number of morpholine rings is 1. The lowest BCUT2D eigenvalue weighted by molar-refractivity contribution is 0.0363. The van der Waals surface area contributed by atoms with Crippen molar-refractivity contribution in [3.05, 3.63) is 30.7 Å². The number of rotatable bonds is 3. The van der Waals surface area contributed by atoms with Gasteiger partial charge in [-0.3, -0.25) is 9.69 Å². The number of pyridine rings is 1. The van der Waals surface area contributed by atoms with Crippen molar-refractivity contribution in [2.75, 3.05) is 32.8 Å². The fourth-order valence-corrected chi connectivity index (χ4v) is 2.56. The first-order chi connectivity index (χ1) is 8.16. The largest absolute Gasteiger partial charge is 0.379 e. The van der Waals surface area contributed by atoms with E-state index in [1.54, 1.807) is 10.6 Å². The average molecular weight is 413 g/mol. The van der Waals surface area contributed by atoms with Gasteiger partial charge < -0.3 is 9.30 Å². The van der Waals surface area contributed by atoms with Gasteiger partial charge in [0.25, 0.3) is 5.56 Å². The minimum atomic E-state index is 0.0468. The Labute approximate surface area is 122 Å². The Kier molecular flexibility index (Phi) is 5.01. The minimum Gasteiger partial charge on any atom is -0.379 e. The van der Waals surface area contributed by atoms with Gasteiger partial charge in [0.2, 0.25) is 0 Å². The molecule has 94 valence electrons. The van der Waals surface area contributed by atoms with Crippen LogP contribution in [0.15, 0.2) is 21.5 Å². The molecule has 0 atom stereocenters. The first-order valence-electron chi connectivity index (χ1n) is 5.52. The van der Waals surface area contributed by atoms with Crippen LogP contribution in [0.2, 0.25) is 0 Å². The number of hydrogen-bond acceptors (Lipinski definition) is 3. The topological polar surface area (TPSA) is 34.5 Å². The molecule has 1 aliphatic heterocycles. The molecule has 0 aromatic carbocycles. The molecule has 6 heteroatoms. The summed E-state index contributed by atoms with van der Waals surface area (Å²) in [5.41, 5.74) is 0.0468. The van der Waals surface area contributed by atoms with E-state index in [0.29, 0.717) is 0 Å². The molecule has 2 rings (SSSR count). The molecule has 0 aliphatic carbocycles. The monoisotopic (exact) mass is 412 g/mol. The number of halogens is 2. The summed E-state index contributed by atoms with van der Waals surface area (Å²) in [5.74, 6) is 0. The van der Waals surface area contributed by atoms with Crippen molar-refractivity contribution in [2.45, 2.75) is 6.54 Å². The summed E-state index contributed by atoms with van der Waals surface area (Å²) < 4.78 is 8.98. The minimum absolute atomic E-state index is 0.0468. The normalized spacial score (nSPS) is 17.3. The van der Waals surface area contributed by atoms with E-state index in [2.05, 4.69) is 43.4 Å². The second kappa shape index (κ2) is 6.31. The number of aromatic nitrogens is 1. The van der Waals surface area contributed by atoms with E-state index in [1.165, 1.54) is 0 Å². The molecule has 0 amide bonds. The zero-order valence-electron chi connectivity index (χ0n) is 9.36. The van der Waals surface area contributed by atoms with Crippen LogP contribution in [0, 0.1) is 3.57 Å². The summed E-state index contributed by atoms with van der Waals surface area (Å²) in [5, 5.41) is 0. The van der Waals surface area contributed by atoms with Gasteiger partial charge in [0.1, 0.15) is 0 Å². The lowest BCUT2D eigenvalue weighted by Gasteiger charge is -2.26. The molecule has 0 spiro atoms. The Balaban J connectivity index is 1.98. The quantitative estimate of drug-likeness (QED) is 0.706. The molecule has 1 aliphatic rings. The Morgan fingerprint density at radius 1 is 1.35 bits per heavy atom. The van der Waals surface area contributed by atoms with Gasteiger partial charge in [0.15, 0.2) is 0 Å². The molecule has 2 heterocycles. The second-order valence-electron chi connectivity index (χ2n) is 3.95. The number of ether oxygens (including phenoxy) is 1. The second-order valence-corrected chi connectivity index (χ2v) is 5.97. The first-order valence-corrected chi connectivity index (χ1v) is 7.39. The molecule has 0 saturated carbocycles. The zero-order valence-corrected chi connectivity index (χ0v) is 13.1. The van der Waals surface area contributed by atoms with Gasteiger partial charge in [-0.1, -0.05) is 0 Å². The Bertz CT molecular complexity index is 444. The fourth-order valence-electron chi connectivity index (χ4n) is 1.77. The third-order valence-corrected chi connectivity index (χ3v) is 5.05. The van der Waals surface area contributed by atoms with Crippen molar-refractivity contribution >= 4 is 38.5 Å². The van der Waals surface area contributed by atoms with Gasteiger partial charge in [-0.05, 0) is 38.5 Å². The molecule has 0 bridgehead atoms. The molecule has 1 aromatic rings. The maximum atomic E-state index is 11.8. The molecule has 4 nitrogen and oxygen atoms in total. The SMILES string of the molecule is O=c1cc(Br)c(I)cn1CCN1CCOCC1. The van der Waals surface area contributed by atoms with Crippen LogP contribution in [-0.4, -0.2) is 42.3 Å². The third kappa shape index (κ3) is 3.77. The molecule has 17 heavy (non-hydrogen) atoms. The first kappa shape index (κ1) is 13.5. The number of nitrogens with zero attached hydrogens (tertiary/aromatic N) is 2. The van der Waals surface area contributed by atoms with Crippen molar-refractivity contribution in [1.82, 2.24) is 9.47 Å². The van der Waals surface area contributed by atoms with E-state index < -0.39 is 0 Å². The Morgan fingerprint density at radius 2 is 2.06 bits per heavy atom. The van der Waals surface area contributed by atoms with Gasteiger partial charge in [0.05, 0.1) is 13.2 Å². The molecule has 1 aromatic heterocycles. The van der Waals surface area contributed by atoms with Crippen molar-refractivity contribution in [2.24, 2.45) is 0 Å². The standard InChI is InChI=1S/C11H14BrIN2O2/c12-9-7-11(16)15(8-10(9)13)2-1-14-3-5-17-6-4-14/h7-8H,1-6H2. The predicted molar refractivity (Wildman–Crippen MR) is 78.4 cm³/mol. The van der Waals surface area contributed by atoms with Crippen LogP contribution < -0.4 is 5.56 Å². The highest BCUT2D eigenvalue weighted by Gasteiger charge is 2.10. The lowest BCUT2D eigenvalue weighted by Crippen LogP contribution is -2.39. The zero-order chi connectivity index (χ0) is 12.3. The van der Waals surface area contributed by atoms with Gasteiger partial charge in [-0.25, -0.2) is 0 Å². The lowest BCUT2D eigenvalue weighted by atomic mass is 10.4. The van der Waals surface area contributed by atoms with E-state index >= 15 is 0 Å². The van der Waals surface area contributed by atoms with E-state index in [4.69, 9.17) is 4.74 Å². The highest BCUT2D eigenvalue weighted by molar-refractivity contribution is 14.1. The molecular formula is C11H14BrIN2O2. The summed E-state index contributed by atoms with van der Waals surface area (Å²) in [7, 11) is 0. The summed E-state index contributed by atoms with van der Waals surface area (Å²) in [6.07, 6.45) is 1.90. The van der Waals surface area contributed by atoms with E-state index in [1.807, 2.05) is 6.20 Å². The summed E-state index contributed by atoms with van der Waals surface area (Å²) in [4.78, 5) is 14.1. The highest BCUT2D eigenvalue weighted by Crippen LogP contribution is 2.15. The maximum absolute atomic E-state index is 11.8. The molecule has 0 unspecified atom stereocenters. The van der Waals surface area contributed by atoms with Gasteiger partial charge in [-0.15, -0.1) is 0 Å². The summed E-state index contributed by atoms with van der Waals surface area (Å²) >= 11 is 5.58. The van der Waals surface area contributed by atoms with Crippen LogP contribution in [0.4, 0.5) is 0 Å². The van der Waals surface area contributed by atoms with Gasteiger partial charge >= 0.3 is 0 Å². The number of hydrogen-bond donors (Lipinski definition) is 0. The summed E-state index contributed by atoms with van der Waals surface area (Å²) in [6.45, 7) is 5.16. The van der Waals surface area contributed by atoms with Crippen LogP contribution in [0.1, 0.15) is 0 Å². The van der Waals surface area contributed by atoms with Gasteiger partial charge in [-0.2, -0.15) is 0 Å². The van der Waals surface area contributed by atoms with Gasteiger partial charge in [0, 0.05) is 46.5 Å². The van der Waals surface area contributed by atoms with Crippen molar-refractivity contribution in [1.29, 1.82) is 0 Å². The van der Waals surface area contributed by atoms with Crippen LogP contribution >= 0.6 is 38.5 Å². The predicted octanol–water partition coefficient (Wildman–Crippen LogP) is 1.55. The molecule has 1 fully saturated rings. The molecular weight excluding hydrogens is 399 g/mol. The maximum Gasteiger partial charge on any atom is 0.251 e. The van der Waals surface area contributed by atoms with E-state index in [9.17, 15) is 4.79 Å². The van der Waals surface area contributed by atoms with Crippen LogP contribution in [0.5, 0.6) is 0 Å². The molecule has 0 radical (unpaired) electrons. The molecule has 0 N–H and O–H groups in total. The fraction of sp³-hybridized carbons (Fsp3) is 0.545. The van der Waals surface area contributed by atoms with Crippen LogP contribution in [-0.2, 0) is 11.3 Å². The van der Waals surface area contributed by atoms with Crippen LogP contribution in [0.3, 0.4) is 0 Å². The highest BCUT2D eigenvalue weighted by atomic mass is 127. The average Bonchev–Trinajstić information content (AvgIpc) is 2.33. The van der Waals surface area contributed by atoms with Crippen molar-refractivity contribution in [3.63, 3.8) is 0 Å². The van der Waals surface area contributed by atoms with Crippen LogP contribution in [0.25, 0.3) is 0 Å². The Morgan fingerprint density at radius 3 is 2.76 bits per heavy atom.